The van der Waals surface area contributed by atoms with Crippen molar-refractivity contribution in [2.75, 3.05) is 26.2 Å². The van der Waals surface area contributed by atoms with Crippen molar-refractivity contribution in [3.8, 4) is 0 Å². The van der Waals surface area contributed by atoms with Crippen LogP contribution in [0.1, 0.15) is 51.6 Å². The lowest BCUT2D eigenvalue weighted by Gasteiger charge is -2.41. The van der Waals surface area contributed by atoms with Crippen LogP contribution >= 0.6 is 0 Å². The predicted molar refractivity (Wildman–Crippen MR) is 86.9 cm³/mol. The molecule has 1 unspecified atom stereocenters. The molecule has 1 aliphatic rings. The number of hydrogen-bond donors (Lipinski definition) is 1. The molecule has 2 heteroatoms. The largest absolute Gasteiger partial charge is 0.315 e. The number of piperidine rings is 1. The first-order valence-corrected chi connectivity index (χ1v) is 8.12. The number of hydrogen-bond acceptors (Lipinski definition) is 2. The second-order valence-corrected chi connectivity index (χ2v) is 6.83. The van der Waals surface area contributed by atoms with E-state index in [9.17, 15) is 0 Å². The van der Waals surface area contributed by atoms with E-state index in [2.05, 4.69) is 61.3 Å². The highest BCUT2D eigenvalue weighted by atomic mass is 15.2. The molecule has 1 aromatic rings. The maximum absolute atomic E-state index is 3.61. The molecule has 0 spiro atoms. The molecule has 1 N–H and O–H groups in total. The molecule has 0 saturated carbocycles. The maximum atomic E-state index is 3.61. The number of nitrogens with zero attached hydrogens (tertiary/aromatic N) is 1. The van der Waals surface area contributed by atoms with Gasteiger partial charge in [-0.25, -0.2) is 0 Å². The van der Waals surface area contributed by atoms with Gasteiger partial charge in [0.1, 0.15) is 0 Å². The van der Waals surface area contributed by atoms with E-state index < -0.39 is 0 Å². The van der Waals surface area contributed by atoms with Gasteiger partial charge in [-0.1, -0.05) is 51.1 Å². The Balaban J connectivity index is 2.03. The second-order valence-electron chi connectivity index (χ2n) is 6.83. The predicted octanol–water partition coefficient (Wildman–Crippen LogP) is 3.85. The number of likely N-dealkylation sites (tertiary alicyclic amines) is 1. The van der Waals surface area contributed by atoms with Crippen LogP contribution in [0.25, 0.3) is 0 Å². The molecule has 20 heavy (non-hydrogen) atoms. The molecule has 112 valence electrons. The van der Waals surface area contributed by atoms with Crippen LogP contribution in [0, 0.1) is 5.41 Å². The van der Waals surface area contributed by atoms with Gasteiger partial charge in [-0.2, -0.15) is 0 Å². The second kappa shape index (κ2) is 7.24. The Bertz CT molecular complexity index is 376. The van der Waals surface area contributed by atoms with Crippen LogP contribution in [0.15, 0.2) is 30.3 Å². The molecule has 1 aliphatic heterocycles. The third-order valence-electron chi connectivity index (χ3n) is 4.54. The lowest BCUT2D eigenvalue weighted by atomic mass is 9.82. The summed E-state index contributed by atoms with van der Waals surface area (Å²) >= 11 is 0. The highest BCUT2D eigenvalue weighted by Crippen LogP contribution is 2.33. The minimum absolute atomic E-state index is 0.522. The standard InChI is InChI=1S/C18H30N2/c1-4-12-19-15-17(16-8-6-5-7-9-16)20-13-10-18(2,3)11-14-20/h5-9,17,19H,4,10-15H2,1-3H3. The third kappa shape index (κ3) is 4.32. The first-order valence-electron chi connectivity index (χ1n) is 8.12. The maximum Gasteiger partial charge on any atom is 0.0472 e. The van der Waals surface area contributed by atoms with Gasteiger partial charge in [0.2, 0.25) is 0 Å². The van der Waals surface area contributed by atoms with Crippen molar-refractivity contribution >= 4 is 0 Å². The molecule has 0 amide bonds. The molecular formula is C18H30N2. The normalized spacial score (nSPS) is 20.8. The van der Waals surface area contributed by atoms with E-state index in [1.54, 1.807) is 0 Å². The van der Waals surface area contributed by atoms with Crippen LogP contribution < -0.4 is 5.32 Å². The van der Waals surface area contributed by atoms with Gasteiger partial charge in [0.15, 0.2) is 0 Å². The fourth-order valence-corrected chi connectivity index (χ4v) is 2.99. The minimum atomic E-state index is 0.522. The number of benzene rings is 1. The average Bonchev–Trinajstić information content (AvgIpc) is 2.45. The van der Waals surface area contributed by atoms with E-state index >= 15 is 0 Å². The van der Waals surface area contributed by atoms with Crippen molar-refractivity contribution in [2.24, 2.45) is 5.41 Å². The highest BCUT2D eigenvalue weighted by molar-refractivity contribution is 5.19. The van der Waals surface area contributed by atoms with Gasteiger partial charge < -0.3 is 5.32 Å². The molecule has 2 nitrogen and oxygen atoms in total. The Kier molecular flexibility index (Phi) is 5.62. The molecule has 1 aromatic carbocycles. The molecule has 1 heterocycles. The molecule has 1 saturated heterocycles. The topological polar surface area (TPSA) is 15.3 Å². The van der Waals surface area contributed by atoms with E-state index in [4.69, 9.17) is 0 Å². The van der Waals surface area contributed by atoms with Gasteiger partial charge in [0.05, 0.1) is 0 Å². The van der Waals surface area contributed by atoms with Gasteiger partial charge in [-0.05, 0) is 49.9 Å². The Labute approximate surface area is 124 Å². The molecule has 0 aliphatic carbocycles. The van der Waals surface area contributed by atoms with E-state index in [0.29, 0.717) is 11.5 Å². The van der Waals surface area contributed by atoms with Crippen molar-refractivity contribution < 1.29 is 0 Å². The lowest BCUT2D eigenvalue weighted by Crippen LogP contribution is -2.43. The first-order chi connectivity index (χ1) is 9.62. The van der Waals surface area contributed by atoms with Gasteiger partial charge in [-0.15, -0.1) is 0 Å². The zero-order chi connectivity index (χ0) is 14.4. The minimum Gasteiger partial charge on any atom is -0.315 e. The Morgan fingerprint density at radius 2 is 1.80 bits per heavy atom. The molecule has 0 bridgehead atoms. The van der Waals surface area contributed by atoms with Crippen molar-refractivity contribution in [1.82, 2.24) is 10.2 Å². The first kappa shape index (κ1) is 15.5. The summed E-state index contributed by atoms with van der Waals surface area (Å²) in [5.41, 5.74) is 1.98. The summed E-state index contributed by atoms with van der Waals surface area (Å²) in [4.78, 5) is 2.67. The summed E-state index contributed by atoms with van der Waals surface area (Å²) in [6.45, 7) is 11.7. The Morgan fingerprint density at radius 3 is 2.40 bits per heavy atom. The van der Waals surface area contributed by atoms with E-state index in [-0.39, 0.29) is 0 Å². The summed E-state index contributed by atoms with van der Waals surface area (Å²) in [6, 6.07) is 11.5. The molecule has 1 fully saturated rings. The van der Waals surface area contributed by atoms with E-state index in [1.807, 2.05) is 0 Å². The molecule has 1 atom stereocenters. The van der Waals surface area contributed by atoms with Gasteiger partial charge in [-0.3, -0.25) is 4.90 Å². The zero-order valence-corrected chi connectivity index (χ0v) is 13.4. The summed E-state index contributed by atoms with van der Waals surface area (Å²) in [5, 5.41) is 3.61. The van der Waals surface area contributed by atoms with Crippen LogP contribution in [0.5, 0.6) is 0 Å². The van der Waals surface area contributed by atoms with Gasteiger partial charge >= 0.3 is 0 Å². The molecule has 0 aromatic heterocycles. The Hall–Kier alpha value is -0.860. The van der Waals surface area contributed by atoms with E-state index in [1.165, 1.54) is 37.9 Å². The lowest BCUT2D eigenvalue weighted by molar-refractivity contribution is 0.0927. The average molecular weight is 274 g/mol. The van der Waals surface area contributed by atoms with Gasteiger partial charge in [0, 0.05) is 12.6 Å². The van der Waals surface area contributed by atoms with E-state index in [0.717, 1.165) is 13.1 Å². The van der Waals surface area contributed by atoms with Crippen LogP contribution in [-0.4, -0.2) is 31.1 Å². The van der Waals surface area contributed by atoms with Crippen LogP contribution in [0.3, 0.4) is 0 Å². The SMILES string of the molecule is CCCNCC(c1ccccc1)N1CCC(C)(C)CC1. The van der Waals surface area contributed by atoms with Crippen molar-refractivity contribution in [2.45, 2.75) is 46.1 Å². The van der Waals surface area contributed by atoms with Gasteiger partial charge in [0.25, 0.3) is 0 Å². The zero-order valence-electron chi connectivity index (χ0n) is 13.4. The molecule has 0 radical (unpaired) electrons. The number of rotatable bonds is 6. The van der Waals surface area contributed by atoms with Crippen LogP contribution in [0.4, 0.5) is 0 Å². The summed E-state index contributed by atoms with van der Waals surface area (Å²) in [5.74, 6) is 0. The molecular weight excluding hydrogens is 244 g/mol. The summed E-state index contributed by atoms with van der Waals surface area (Å²) in [7, 11) is 0. The van der Waals surface area contributed by atoms with Crippen molar-refractivity contribution in [3.05, 3.63) is 35.9 Å². The van der Waals surface area contributed by atoms with Crippen LogP contribution in [-0.2, 0) is 0 Å². The van der Waals surface area contributed by atoms with Crippen LogP contribution in [0.2, 0.25) is 0 Å². The summed E-state index contributed by atoms with van der Waals surface area (Å²) < 4.78 is 0. The monoisotopic (exact) mass is 274 g/mol. The number of nitrogens with one attached hydrogen (secondary N) is 1. The highest BCUT2D eigenvalue weighted by Gasteiger charge is 2.29. The Morgan fingerprint density at radius 1 is 1.15 bits per heavy atom. The van der Waals surface area contributed by atoms with Crippen molar-refractivity contribution in [3.63, 3.8) is 0 Å². The third-order valence-corrected chi connectivity index (χ3v) is 4.54. The fourth-order valence-electron chi connectivity index (χ4n) is 2.99. The summed E-state index contributed by atoms with van der Waals surface area (Å²) in [6.07, 6.45) is 3.82. The van der Waals surface area contributed by atoms with Crippen molar-refractivity contribution in [1.29, 1.82) is 0 Å². The molecule has 2 rings (SSSR count). The fraction of sp³-hybridized carbons (Fsp3) is 0.667. The quantitative estimate of drug-likeness (QED) is 0.793. The smallest absolute Gasteiger partial charge is 0.0472 e.